The standard InChI is InChI=1S/C20H17NO6/c1-25-19(23)8-12(13-7-17-18(9-16(13)22)27-10-26-17)14-6-11-4-2-3-5-15(11)21-20(14)24/h2-7,9,12,22H,8,10H2,1H3,(H,21,24)/t12-/m1/s1. The number of ether oxygens (including phenoxy) is 3. The minimum absolute atomic E-state index is 0.0520. The van der Waals surface area contributed by atoms with E-state index in [0.29, 0.717) is 28.1 Å². The molecule has 1 atom stereocenters. The Kier molecular flexibility index (Phi) is 4.19. The van der Waals surface area contributed by atoms with E-state index in [1.165, 1.54) is 13.2 Å². The number of phenols is 1. The molecule has 2 heterocycles. The van der Waals surface area contributed by atoms with E-state index in [4.69, 9.17) is 14.2 Å². The van der Waals surface area contributed by atoms with Crippen LogP contribution in [0.2, 0.25) is 0 Å². The van der Waals surface area contributed by atoms with E-state index in [-0.39, 0.29) is 24.5 Å². The molecule has 0 aliphatic carbocycles. The van der Waals surface area contributed by atoms with Crippen LogP contribution in [0.15, 0.2) is 47.3 Å². The van der Waals surface area contributed by atoms with Crippen molar-refractivity contribution < 1.29 is 24.1 Å². The third-order valence-corrected chi connectivity index (χ3v) is 4.65. The maximum Gasteiger partial charge on any atom is 0.306 e. The number of pyridine rings is 1. The molecule has 4 rings (SSSR count). The van der Waals surface area contributed by atoms with Crippen LogP contribution in [0, 0.1) is 0 Å². The van der Waals surface area contributed by atoms with Gasteiger partial charge in [0.1, 0.15) is 5.75 Å². The molecule has 7 nitrogen and oxygen atoms in total. The number of H-pyrrole nitrogens is 1. The van der Waals surface area contributed by atoms with Crippen LogP contribution in [0.3, 0.4) is 0 Å². The maximum absolute atomic E-state index is 12.7. The smallest absolute Gasteiger partial charge is 0.306 e. The number of aromatic amines is 1. The average Bonchev–Trinajstić information content (AvgIpc) is 3.12. The minimum Gasteiger partial charge on any atom is -0.508 e. The molecule has 0 spiro atoms. The number of esters is 1. The van der Waals surface area contributed by atoms with E-state index in [1.807, 2.05) is 18.2 Å². The normalized spacial score (nSPS) is 13.5. The molecule has 0 amide bonds. The highest BCUT2D eigenvalue weighted by Gasteiger charge is 2.27. The van der Waals surface area contributed by atoms with Crippen molar-refractivity contribution in [1.82, 2.24) is 4.98 Å². The first kappa shape index (κ1) is 17.0. The van der Waals surface area contributed by atoms with Crippen molar-refractivity contribution in [2.75, 3.05) is 13.9 Å². The van der Waals surface area contributed by atoms with Gasteiger partial charge in [-0.15, -0.1) is 0 Å². The third kappa shape index (κ3) is 3.08. The molecule has 138 valence electrons. The molecule has 0 unspecified atom stereocenters. The van der Waals surface area contributed by atoms with E-state index in [2.05, 4.69) is 4.98 Å². The average molecular weight is 367 g/mol. The fraction of sp³-hybridized carbons (Fsp3) is 0.200. The van der Waals surface area contributed by atoms with Gasteiger partial charge >= 0.3 is 5.97 Å². The molecule has 27 heavy (non-hydrogen) atoms. The summed E-state index contributed by atoms with van der Waals surface area (Å²) in [6, 6.07) is 12.1. The first-order chi connectivity index (χ1) is 13.1. The Morgan fingerprint density at radius 3 is 2.70 bits per heavy atom. The summed E-state index contributed by atoms with van der Waals surface area (Å²) in [4.78, 5) is 27.6. The number of nitrogens with one attached hydrogen (secondary N) is 1. The molecule has 0 radical (unpaired) electrons. The lowest BCUT2D eigenvalue weighted by molar-refractivity contribution is -0.140. The van der Waals surface area contributed by atoms with Gasteiger partial charge < -0.3 is 24.3 Å². The van der Waals surface area contributed by atoms with Crippen LogP contribution in [0.25, 0.3) is 10.9 Å². The third-order valence-electron chi connectivity index (χ3n) is 4.65. The van der Waals surface area contributed by atoms with Gasteiger partial charge in [0.05, 0.1) is 13.5 Å². The number of para-hydroxylation sites is 1. The van der Waals surface area contributed by atoms with Gasteiger partial charge in [0.2, 0.25) is 6.79 Å². The molecule has 1 aliphatic heterocycles. The molecule has 0 fully saturated rings. The number of hydrogen-bond acceptors (Lipinski definition) is 6. The zero-order valence-corrected chi connectivity index (χ0v) is 14.5. The Hall–Kier alpha value is -3.48. The molecule has 3 aromatic rings. The second kappa shape index (κ2) is 6.68. The molecule has 2 aromatic carbocycles. The molecule has 7 heteroatoms. The Labute approximate surface area is 154 Å². The van der Waals surface area contributed by atoms with Gasteiger partial charge in [-0.25, -0.2) is 0 Å². The van der Waals surface area contributed by atoms with Crippen LogP contribution in [-0.2, 0) is 9.53 Å². The number of aromatic hydroxyl groups is 1. The van der Waals surface area contributed by atoms with Crippen molar-refractivity contribution >= 4 is 16.9 Å². The number of carbonyl (C=O) groups is 1. The first-order valence-corrected chi connectivity index (χ1v) is 8.38. The summed E-state index contributed by atoms with van der Waals surface area (Å²) < 4.78 is 15.4. The monoisotopic (exact) mass is 367 g/mol. The Bertz CT molecular complexity index is 1090. The quantitative estimate of drug-likeness (QED) is 0.688. The van der Waals surface area contributed by atoms with E-state index in [1.54, 1.807) is 18.2 Å². The molecule has 0 saturated heterocycles. The second-order valence-corrected chi connectivity index (χ2v) is 6.24. The Morgan fingerprint density at radius 2 is 1.93 bits per heavy atom. The van der Waals surface area contributed by atoms with Gasteiger partial charge in [0.15, 0.2) is 11.5 Å². The van der Waals surface area contributed by atoms with Gasteiger partial charge in [-0.2, -0.15) is 0 Å². The number of phenolic OH excluding ortho intramolecular Hbond substituents is 1. The zero-order valence-electron chi connectivity index (χ0n) is 14.5. The van der Waals surface area contributed by atoms with Crippen LogP contribution in [0.1, 0.15) is 23.5 Å². The zero-order chi connectivity index (χ0) is 19.0. The maximum atomic E-state index is 12.7. The van der Waals surface area contributed by atoms with E-state index >= 15 is 0 Å². The highest BCUT2D eigenvalue weighted by atomic mass is 16.7. The van der Waals surface area contributed by atoms with E-state index in [9.17, 15) is 14.7 Å². The number of carbonyl (C=O) groups excluding carboxylic acids is 1. The lowest BCUT2D eigenvalue weighted by atomic mass is 9.87. The molecule has 0 saturated carbocycles. The molecular formula is C20H17NO6. The van der Waals surface area contributed by atoms with Gasteiger partial charge in [-0.1, -0.05) is 18.2 Å². The predicted octanol–water partition coefficient (Wildman–Crippen LogP) is 2.66. The van der Waals surface area contributed by atoms with Crippen LogP contribution >= 0.6 is 0 Å². The number of aromatic nitrogens is 1. The fourth-order valence-electron chi connectivity index (χ4n) is 3.29. The van der Waals surface area contributed by atoms with Gasteiger partial charge in [-0.3, -0.25) is 9.59 Å². The number of hydrogen-bond donors (Lipinski definition) is 2. The Morgan fingerprint density at radius 1 is 1.19 bits per heavy atom. The summed E-state index contributed by atoms with van der Waals surface area (Å²) >= 11 is 0. The second-order valence-electron chi connectivity index (χ2n) is 6.24. The molecule has 0 bridgehead atoms. The number of fused-ring (bicyclic) bond motifs is 2. The highest BCUT2D eigenvalue weighted by molar-refractivity contribution is 5.79. The lowest BCUT2D eigenvalue weighted by Crippen LogP contribution is -2.20. The van der Waals surface area contributed by atoms with Gasteiger partial charge in [0.25, 0.3) is 5.56 Å². The first-order valence-electron chi connectivity index (χ1n) is 8.38. The van der Waals surface area contributed by atoms with Crippen LogP contribution < -0.4 is 15.0 Å². The summed E-state index contributed by atoms with van der Waals surface area (Å²) in [6.07, 6.45) is -0.106. The number of rotatable bonds is 4. The number of benzene rings is 2. The van der Waals surface area contributed by atoms with Gasteiger partial charge in [-0.05, 0) is 23.6 Å². The van der Waals surface area contributed by atoms with Crippen molar-refractivity contribution in [3.05, 3.63) is 63.9 Å². The molecular weight excluding hydrogens is 350 g/mol. The molecule has 2 N–H and O–H groups in total. The summed E-state index contributed by atoms with van der Waals surface area (Å²) in [5, 5.41) is 11.3. The summed E-state index contributed by atoms with van der Waals surface area (Å²) in [5.41, 5.74) is 1.11. The van der Waals surface area contributed by atoms with Crippen molar-refractivity contribution in [3.8, 4) is 17.2 Å². The SMILES string of the molecule is COC(=O)C[C@H](c1cc2c(cc1O)OCO2)c1cc2ccccc2[nH]c1=O. The van der Waals surface area contributed by atoms with Crippen molar-refractivity contribution in [3.63, 3.8) is 0 Å². The van der Waals surface area contributed by atoms with Crippen molar-refractivity contribution in [2.24, 2.45) is 0 Å². The Balaban J connectivity index is 1.89. The molecule has 1 aromatic heterocycles. The predicted molar refractivity (Wildman–Crippen MR) is 97.3 cm³/mol. The fourth-order valence-corrected chi connectivity index (χ4v) is 3.29. The highest BCUT2D eigenvalue weighted by Crippen LogP contribution is 2.42. The van der Waals surface area contributed by atoms with E-state index < -0.39 is 11.9 Å². The van der Waals surface area contributed by atoms with E-state index in [0.717, 1.165) is 5.39 Å². The van der Waals surface area contributed by atoms with Crippen molar-refractivity contribution in [2.45, 2.75) is 12.3 Å². The summed E-state index contributed by atoms with van der Waals surface area (Å²) in [5.74, 6) is -0.416. The van der Waals surface area contributed by atoms with Gasteiger partial charge in [0, 0.05) is 28.6 Å². The van der Waals surface area contributed by atoms with Crippen molar-refractivity contribution in [1.29, 1.82) is 0 Å². The molecule has 1 aliphatic rings. The minimum atomic E-state index is -0.708. The lowest BCUT2D eigenvalue weighted by Gasteiger charge is -2.18. The largest absolute Gasteiger partial charge is 0.508 e. The number of methoxy groups -OCH3 is 1. The van der Waals surface area contributed by atoms with Crippen LogP contribution in [-0.4, -0.2) is 30.0 Å². The topological polar surface area (TPSA) is 97.8 Å². The van der Waals surface area contributed by atoms with Crippen LogP contribution in [0.5, 0.6) is 17.2 Å². The summed E-state index contributed by atoms with van der Waals surface area (Å²) in [6.45, 7) is 0.0520. The summed E-state index contributed by atoms with van der Waals surface area (Å²) in [7, 11) is 1.28. The van der Waals surface area contributed by atoms with Crippen LogP contribution in [0.4, 0.5) is 0 Å².